The zero-order valence-electron chi connectivity index (χ0n) is 14.1. The Bertz CT molecular complexity index is 708. The van der Waals surface area contributed by atoms with Gasteiger partial charge in [-0.3, -0.25) is 9.59 Å². The van der Waals surface area contributed by atoms with Crippen molar-refractivity contribution in [2.75, 3.05) is 12.3 Å². The monoisotopic (exact) mass is 414 g/mol. The molecule has 25 heavy (non-hydrogen) atoms. The number of carbonyl (C=O) groups is 2. The van der Waals surface area contributed by atoms with E-state index in [1.165, 1.54) is 0 Å². The molecule has 14 heteroatoms. The van der Waals surface area contributed by atoms with E-state index < -0.39 is 55.1 Å². The van der Waals surface area contributed by atoms with Crippen LogP contribution in [0.3, 0.4) is 0 Å². The first-order valence-electron chi connectivity index (χ1n) is 5.98. The molecule has 0 saturated heterocycles. The summed E-state index contributed by atoms with van der Waals surface area (Å²) in [5.74, 6) is -3.21. The van der Waals surface area contributed by atoms with Gasteiger partial charge in [0.2, 0.25) is 11.8 Å². The van der Waals surface area contributed by atoms with Crippen molar-refractivity contribution in [3.8, 4) is 0 Å². The van der Waals surface area contributed by atoms with E-state index in [1.807, 2.05) is 10.6 Å². The number of rotatable bonds is 9. The Morgan fingerprint density at radius 3 is 1.84 bits per heavy atom. The summed E-state index contributed by atoms with van der Waals surface area (Å²) in [7, 11) is -10.2. The third kappa shape index (κ3) is 11.5. The Balaban J connectivity index is -0.00000242. The average Bonchev–Trinajstić information content (AvgIpc) is 2.34. The van der Waals surface area contributed by atoms with E-state index in [4.69, 9.17) is 0 Å². The van der Waals surface area contributed by atoms with Crippen molar-refractivity contribution in [2.24, 2.45) is 0 Å². The van der Waals surface area contributed by atoms with E-state index in [1.54, 1.807) is 0 Å². The number of amides is 2. The Hall–Kier alpha value is 0.240. The quantitative estimate of drug-likeness (QED) is 0.213. The second kappa shape index (κ2) is 11.8. The van der Waals surface area contributed by atoms with Crippen LogP contribution in [0.2, 0.25) is 0 Å². The molecule has 0 fully saturated rings. The maximum atomic E-state index is 11.4. The molecule has 0 saturated carbocycles. The molecule has 0 heterocycles. The second-order valence-electron chi connectivity index (χ2n) is 4.74. The van der Waals surface area contributed by atoms with Gasteiger partial charge in [-0.15, -0.1) is 0 Å². The SMILES string of the molecule is C=CC(=O)NCC(C(C)(CS(=O)(=O)[O-])NC(=O)C=C)S(=O)(=O)[O-].[Na+].[Na+]. The Morgan fingerprint density at radius 1 is 1.08 bits per heavy atom. The maximum absolute atomic E-state index is 11.4. The van der Waals surface area contributed by atoms with Crippen LogP contribution >= 0.6 is 0 Å². The summed E-state index contributed by atoms with van der Waals surface area (Å²) in [6.07, 6.45) is 1.49. The van der Waals surface area contributed by atoms with E-state index in [9.17, 15) is 35.5 Å². The van der Waals surface area contributed by atoms with Gasteiger partial charge in [-0.1, -0.05) is 13.2 Å². The molecular weight excluding hydrogens is 398 g/mol. The summed E-state index contributed by atoms with van der Waals surface area (Å²) >= 11 is 0. The third-order valence-corrected chi connectivity index (χ3v) is 5.11. The first-order chi connectivity index (χ1) is 10.2. The van der Waals surface area contributed by atoms with Gasteiger partial charge < -0.3 is 19.7 Å². The van der Waals surface area contributed by atoms with Crippen LogP contribution in [-0.4, -0.2) is 60.8 Å². The normalized spacial score (nSPS) is 14.5. The number of hydrogen-bond donors (Lipinski definition) is 2. The molecule has 0 bridgehead atoms. The van der Waals surface area contributed by atoms with Gasteiger partial charge >= 0.3 is 59.1 Å². The summed E-state index contributed by atoms with van der Waals surface area (Å²) in [5.41, 5.74) is -2.28. The smallest absolute Gasteiger partial charge is 0.748 e. The molecule has 0 aliphatic rings. The molecule has 10 nitrogen and oxygen atoms in total. The molecule has 0 spiro atoms. The molecule has 0 rings (SSSR count). The molecule has 0 aromatic carbocycles. The Labute approximate surface area is 191 Å². The molecule has 0 radical (unpaired) electrons. The molecule has 2 amide bonds. The summed E-state index contributed by atoms with van der Waals surface area (Å²) in [5, 5.41) is 1.85. The summed E-state index contributed by atoms with van der Waals surface area (Å²) < 4.78 is 67.3. The van der Waals surface area contributed by atoms with Gasteiger partial charge in [0.1, 0.15) is 10.1 Å². The van der Waals surface area contributed by atoms with Gasteiger partial charge in [0.05, 0.1) is 26.7 Å². The van der Waals surface area contributed by atoms with Crippen molar-refractivity contribution < 1.29 is 94.6 Å². The van der Waals surface area contributed by atoms with Crippen molar-refractivity contribution in [3.05, 3.63) is 25.3 Å². The Morgan fingerprint density at radius 2 is 1.52 bits per heavy atom. The number of hydrogen-bond acceptors (Lipinski definition) is 8. The first-order valence-corrected chi connectivity index (χ1v) is 9.03. The predicted octanol–water partition coefficient (Wildman–Crippen LogP) is -8.18. The van der Waals surface area contributed by atoms with Gasteiger partial charge in [-0.2, -0.15) is 0 Å². The van der Waals surface area contributed by atoms with Crippen LogP contribution in [0.25, 0.3) is 0 Å². The van der Waals surface area contributed by atoms with Gasteiger partial charge in [0.15, 0.2) is 0 Å². The molecule has 0 aliphatic heterocycles. The van der Waals surface area contributed by atoms with E-state index in [0.29, 0.717) is 6.08 Å². The standard InChI is InChI=1S/C11H18N2O8S2.2Na/c1-4-9(14)12-6-8(23(19,20)21)11(3,7-22(16,17)18)13-10(15)5-2;;/h4-5,8H,1-2,6-7H2,3H3,(H,12,14)(H,13,15)(H,16,17,18)(H,19,20,21);;/q;2*+1/p-2. The van der Waals surface area contributed by atoms with Crippen LogP contribution in [-0.2, 0) is 29.8 Å². The predicted molar refractivity (Wildman–Crippen MR) is 78.0 cm³/mol. The average molecular weight is 414 g/mol. The zero-order valence-corrected chi connectivity index (χ0v) is 19.8. The molecule has 0 aromatic rings. The van der Waals surface area contributed by atoms with Gasteiger partial charge in [0, 0.05) is 6.54 Å². The third-order valence-electron chi connectivity index (χ3n) is 2.78. The first kappa shape index (κ1) is 30.0. The minimum Gasteiger partial charge on any atom is -0.748 e. The van der Waals surface area contributed by atoms with Crippen LogP contribution in [0.5, 0.6) is 0 Å². The number of nitrogens with one attached hydrogen (secondary N) is 2. The minimum absolute atomic E-state index is 0. The molecular formula is C11H16N2Na2O8S2. The zero-order chi connectivity index (χ0) is 18.5. The van der Waals surface area contributed by atoms with Crippen molar-refractivity contribution in [3.63, 3.8) is 0 Å². The largest absolute Gasteiger partial charge is 1.00 e. The van der Waals surface area contributed by atoms with Crippen LogP contribution < -0.4 is 69.7 Å². The van der Waals surface area contributed by atoms with Gasteiger partial charge in [0.25, 0.3) is 0 Å². The molecule has 0 aromatic heterocycles. The number of carbonyl (C=O) groups excluding carboxylic acids is 2. The fraction of sp³-hybridized carbons (Fsp3) is 0.455. The second-order valence-corrected chi connectivity index (χ2v) is 7.70. The molecule has 0 aliphatic carbocycles. The minimum atomic E-state index is -5.20. The fourth-order valence-corrected chi connectivity index (χ4v) is 4.00. The van der Waals surface area contributed by atoms with Gasteiger partial charge in [-0.05, 0) is 19.1 Å². The summed E-state index contributed by atoms with van der Waals surface area (Å²) in [6.45, 7) is 6.28. The molecule has 132 valence electrons. The molecule has 2 atom stereocenters. The van der Waals surface area contributed by atoms with Crippen molar-refractivity contribution in [1.29, 1.82) is 0 Å². The van der Waals surface area contributed by atoms with Crippen molar-refractivity contribution in [2.45, 2.75) is 17.7 Å². The van der Waals surface area contributed by atoms with Crippen LogP contribution in [0, 0.1) is 0 Å². The van der Waals surface area contributed by atoms with Gasteiger partial charge in [-0.25, -0.2) is 16.8 Å². The van der Waals surface area contributed by atoms with Crippen molar-refractivity contribution >= 4 is 32.1 Å². The topological polar surface area (TPSA) is 173 Å². The van der Waals surface area contributed by atoms with E-state index >= 15 is 0 Å². The Kier molecular flexibility index (Phi) is 14.2. The van der Waals surface area contributed by atoms with E-state index in [2.05, 4.69) is 13.2 Å². The van der Waals surface area contributed by atoms with Crippen LogP contribution in [0.4, 0.5) is 0 Å². The maximum Gasteiger partial charge on any atom is 1.00 e. The molecule has 2 N–H and O–H groups in total. The fourth-order valence-electron chi connectivity index (χ4n) is 1.82. The van der Waals surface area contributed by atoms with E-state index in [0.717, 1.165) is 13.0 Å². The van der Waals surface area contributed by atoms with Crippen LogP contribution in [0.1, 0.15) is 6.92 Å². The van der Waals surface area contributed by atoms with E-state index in [-0.39, 0.29) is 59.1 Å². The molecule has 2 unspecified atom stereocenters. The summed E-state index contributed by atoms with van der Waals surface area (Å²) in [6, 6.07) is 0. The van der Waals surface area contributed by atoms with Crippen molar-refractivity contribution in [1.82, 2.24) is 10.6 Å². The summed E-state index contributed by atoms with van der Waals surface area (Å²) in [4.78, 5) is 22.5. The van der Waals surface area contributed by atoms with Crippen LogP contribution in [0.15, 0.2) is 25.3 Å².